The molecule has 0 saturated heterocycles. The van der Waals surface area contributed by atoms with Crippen LogP contribution in [0.25, 0.3) is 0 Å². The Bertz CT molecular complexity index is 427. The topological polar surface area (TPSA) is 46.3 Å². The van der Waals surface area contributed by atoms with E-state index in [2.05, 4.69) is 20.8 Å². The molecule has 1 aromatic carbocycles. The molecule has 3 nitrogen and oxygen atoms in total. The largest absolute Gasteiger partial charge is 0.399 e. The summed E-state index contributed by atoms with van der Waals surface area (Å²) in [4.78, 5) is 14.2. The van der Waals surface area contributed by atoms with Gasteiger partial charge in [0.15, 0.2) is 0 Å². The van der Waals surface area contributed by atoms with E-state index in [0.29, 0.717) is 17.2 Å². The van der Waals surface area contributed by atoms with Crippen LogP contribution in [0.4, 0.5) is 5.69 Å². The Morgan fingerprint density at radius 1 is 1.33 bits per heavy atom. The first kappa shape index (κ1) is 14.6. The number of nitrogens with two attached hydrogens (primary N) is 1. The summed E-state index contributed by atoms with van der Waals surface area (Å²) in [5.41, 5.74) is 8.06. The van der Waals surface area contributed by atoms with Crippen molar-refractivity contribution in [2.24, 2.45) is 5.92 Å². The number of hydrogen-bond acceptors (Lipinski definition) is 2. The zero-order chi connectivity index (χ0) is 13.9. The molecule has 0 fully saturated rings. The second kappa shape index (κ2) is 5.89. The molecule has 18 heavy (non-hydrogen) atoms. The average molecular weight is 248 g/mol. The van der Waals surface area contributed by atoms with Gasteiger partial charge in [-0.25, -0.2) is 0 Å². The summed E-state index contributed by atoms with van der Waals surface area (Å²) in [5, 5.41) is 0. The minimum absolute atomic E-state index is 0.0490. The molecule has 1 amide bonds. The molecule has 0 aliphatic heterocycles. The molecule has 1 aromatic rings. The number of nitrogens with zero attached hydrogens (tertiary/aromatic N) is 1. The number of benzene rings is 1. The fraction of sp³-hybridized carbons (Fsp3) is 0.533. The lowest BCUT2D eigenvalue weighted by Gasteiger charge is -2.27. The number of aryl methyl sites for hydroxylation is 1. The van der Waals surface area contributed by atoms with E-state index >= 15 is 0 Å². The van der Waals surface area contributed by atoms with Gasteiger partial charge in [-0.15, -0.1) is 0 Å². The van der Waals surface area contributed by atoms with Crippen LogP contribution in [0.15, 0.2) is 18.2 Å². The van der Waals surface area contributed by atoms with Crippen LogP contribution >= 0.6 is 0 Å². The summed E-state index contributed by atoms with van der Waals surface area (Å²) in [6.45, 7) is 8.36. The van der Waals surface area contributed by atoms with E-state index < -0.39 is 0 Å². The van der Waals surface area contributed by atoms with Crippen LogP contribution in [0.2, 0.25) is 0 Å². The second-order valence-electron chi connectivity index (χ2n) is 5.47. The maximum absolute atomic E-state index is 12.4. The Labute approximate surface area is 110 Å². The summed E-state index contributed by atoms with van der Waals surface area (Å²) in [7, 11) is 1.86. The van der Waals surface area contributed by atoms with E-state index in [0.717, 1.165) is 12.0 Å². The SMILES string of the molecule is Cc1ccc(N)cc1C(=O)N(C)C(C)CC(C)C. The van der Waals surface area contributed by atoms with Gasteiger partial charge in [0.05, 0.1) is 0 Å². The van der Waals surface area contributed by atoms with Crippen LogP contribution in [-0.2, 0) is 0 Å². The van der Waals surface area contributed by atoms with Gasteiger partial charge in [-0.3, -0.25) is 4.79 Å². The van der Waals surface area contributed by atoms with Gasteiger partial charge in [0, 0.05) is 24.3 Å². The number of carbonyl (C=O) groups is 1. The minimum atomic E-state index is 0.0490. The quantitative estimate of drug-likeness (QED) is 0.832. The molecular weight excluding hydrogens is 224 g/mol. The van der Waals surface area contributed by atoms with E-state index in [1.165, 1.54) is 0 Å². The molecule has 0 bridgehead atoms. The number of rotatable bonds is 4. The third-order valence-corrected chi connectivity index (χ3v) is 3.29. The third-order valence-electron chi connectivity index (χ3n) is 3.29. The number of nitrogen functional groups attached to an aromatic ring is 1. The van der Waals surface area contributed by atoms with Gasteiger partial charge < -0.3 is 10.6 Å². The van der Waals surface area contributed by atoms with Crippen LogP contribution in [0.3, 0.4) is 0 Å². The summed E-state index contributed by atoms with van der Waals surface area (Å²) in [6.07, 6.45) is 1.00. The smallest absolute Gasteiger partial charge is 0.254 e. The monoisotopic (exact) mass is 248 g/mol. The standard InChI is InChI=1S/C15H24N2O/c1-10(2)8-12(4)17(5)15(18)14-9-13(16)7-6-11(14)3/h6-7,9-10,12H,8,16H2,1-5H3. The van der Waals surface area contributed by atoms with Gasteiger partial charge in [0.1, 0.15) is 0 Å². The van der Waals surface area contributed by atoms with Crippen molar-refractivity contribution in [3.63, 3.8) is 0 Å². The lowest BCUT2D eigenvalue weighted by molar-refractivity contribution is 0.0727. The molecule has 0 aliphatic rings. The van der Waals surface area contributed by atoms with Crippen LogP contribution in [-0.4, -0.2) is 23.9 Å². The summed E-state index contributed by atoms with van der Waals surface area (Å²) in [6, 6.07) is 5.71. The molecule has 0 radical (unpaired) electrons. The van der Waals surface area contributed by atoms with Crippen molar-refractivity contribution in [2.45, 2.75) is 40.2 Å². The lowest BCUT2D eigenvalue weighted by atomic mass is 10.0. The van der Waals surface area contributed by atoms with E-state index in [9.17, 15) is 4.79 Å². The zero-order valence-electron chi connectivity index (χ0n) is 12.0. The van der Waals surface area contributed by atoms with E-state index in [1.54, 1.807) is 6.07 Å². The predicted octanol–water partition coefficient (Wildman–Crippen LogP) is 3.08. The highest BCUT2D eigenvalue weighted by Crippen LogP contribution is 2.17. The van der Waals surface area contributed by atoms with Gasteiger partial charge in [-0.05, 0) is 43.9 Å². The molecular formula is C15H24N2O. The first-order chi connectivity index (χ1) is 8.32. The fourth-order valence-electron chi connectivity index (χ4n) is 2.10. The zero-order valence-corrected chi connectivity index (χ0v) is 12.0. The highest BCUT2D eigenvalue weighted by molar-refractivity contribution is 5.96. The molecule has 0 aliphatic carbocycles. The molecule has 1 unspecified atom stereocenters. The highest BCUT2D eigenvalue weighted by atomic mass is 16.2. The van der Waals surface area contributed by atoms with Crippen molar-refractivity contribution in [3.8, 4) is 0 Å². The predicted molar refractivity (Wildman–Crippen MR) is 76.6 cm³/mol. The van der Waals surface area contributed by atoms with Crippen LogP contribution in [0.5, 0.6) is 0 Å². The van der Waals surface area contributed by atoms with Gasteiger partial charge in [0.25, 0.3) is 5.91 Å². The number of amides is 1. The number of hydrogen-bond donors (Lipinski definition) is 1. The van der Waals surface area contributed by atoms with Crippen molar-refractivity contribution in [1.82, 2.24) is 4.90 Å². The number of carbonyl (C=O) groups excluding carboxylic acids is 1. The second-order valence-corrected chi connectivity index (χ2v) is 5.47. The van der Waals surface area contributed by atoms with Crippen LogP contribution in [0, 0.1) is 12.8 Å². The highest BCUT2D eigenvalue weighted by Gasteiger charge is 2.19. The van der Waals surface area contributed by atoms with Crippen LogP contribution < -0.4 is 5.73 Å². The average Bonchev–Trinajstić information content (AvgIpc) is 2.29. The Morgan fingerprint density at radius 3 is 2.50 bits per heavy atom. The third kappa shape index (κ3) is 3.49. The van der Waals surface area contributed by atoms with Crippen molar-refractivity contribution in [2.75, 3.05) is 12.8 Å². The maximum atomic E-state index is 12.4. The van der Waals surface area contributed by atoms with E-state index in [4.69, 9.17) is 5.73 Å². The summed E-state index contributed by atoms with van der Waals surface area (Å²) < 4.78 is 0. The summed E-state index contributed by atoms with van der Waals surface area (Å²) in [5.74, 6) is 0.630. The van der Waals surface area contributed by atoms with Crippen molar-refractivity contribution < 1.29 is 4.79 Å². The van der Waals surface area contributed by atoms with Gasteiger partial charge in [-0.1, -0.05) is 19.9 Å². The van der Waals surface area contributed by atoms with Gasteiger partial charge in [-0.2, -0.15) is 0 Å². The summed E-state index contributed by atoms with van der Waals surface area (Å²) >= 11 is 0. The molecule has 1 rings (SSSR count). The van der Waals surface area contributed by atoms with E-state index in [1.807, 2.05) is 31.0 Å². The van der Waals surface area contributed by atoms with Crippen molar-refractivity contribution in [1.29, 1.82) is 0 Å². The lowest BCUT2D eigenvalue weighted by Crippen LogP contribution is -2.36. The Morgan fingerprint density at radius 2 is 1.94 bits per heavy atom. The molecule has 0 saturated carbocycles. The molecule has 0 aromatic heterocycles. The van der Waals surface area contributed by atoms with Crippen molar-refractivity contribution >= 4 is 11.6 Å². The van der Waals surface area contributed by atoms with E-state index in [-0.39, 0.29) is 11.9 Å². The Kier molecular flexibility index (Phi) is 4.76. The normalized spacial score (nSPS) is 12.6. The molecule has 100 valence electrons. The number of anilines is 1. The van der Waals surface area contributed by atoms with Gasteiger partial charge >= 0.3 is 0 Å². The minimum Gasteiger partial charge on any atom is -0.399 e. The van der Waals surface area contributed by atoms with Crippen molar-refractivity contribution in [3.05, 3.63) is 29.3 Å². The maximum Gasteiger partial charge on any atom is 0.254 e. The molecule has 1 atom stereocenters. The molecule has 2 N–H and O–H groups in total. The Balaban J connectivity index is 2.89. The molecule has 0 spiro atoms. The first-order valence-corrected chi connectivity index (χ1v) is 6.46. The van der Waals surface area contributed by atoms with Gasteiger partial charge in [0.2, 0.25) is 0 Å². The molecule has 0 heterocycles. The molecule has 3 heteroatoms. The Hall–Kier alpha value is -1.51. The fourth-order valence-corrected chi connectivity index (χ4v) is 2.10. The first-order valence-electron chi connectivity index (χ1n) is 6.46. The van der Waals surface area contributed by atoms with Crippen LogP contribution in [0.1, 0.15) is 43.1 Å².